The average molecular weight is 290 g/mol. The van der Waals surface area contributed by atoms with E-state index in [1.54, 1.807) is 0 Å². The van der Waals surface area contributed by atoms with Crippen molar-refractivity contribution in [3.05, 3.63) is 29.3 Å². The van der Waals surface area contributed by atoms with Crippen molar-refractivity contribution in [2.75, 3.05) is 23.4 Å². The van der Waals surface area contributed by atoms with Crippen LogP contribution in [0.15, 0.2) is 18.2 Å². The molecule has 1 aromatic rings. The first-order valence-electron chi connectivity index (χ1n) is 7.54. The van der Waals surface area contributed by atoms with Crippen LogP contribution in [-0.4, -0.2) is 30.0 Å². The van der Waals surface area contributed by atoms with Gasteiger partial charge in [0, 0.05) is 36.2 Å². The van der Waals surface area contributed by atoms with Crippen molar-refractivity contribution in [1.29, 1.82) is 0 Å². The summed E-state index contributed by atoms with van der Waals surface area (Å²) < 4.78 is 0. The molecule has 1 amide bonds. The minimum atomic E-state index is 0.143. The Morgan fingerprint density at radius 2 is 2.25 bits per heavy atom. The zero-order chi connectivity index (χ0) is 13.8. The number of nitrogens with one attached hydrogen (secondary N) is 2. The van der Waals surface area contributed by atoms with E-state index in [2.05, 4.69) is 22.8 Å². The van der Waals surface area contributed by atoms with Gasteiger partial charge in [0.15, 0.2) is 0 Å². The van der Waals surface area contributed by atoms with Gasteiger partial charge < -0.3 is 10.6 Å². The fraction of sp³-hybridized carbons (Fsp3) is 0.562. The molecule has 0 saturated carbocycles. The molecule has 0 bridgehead atoms. The number of anilines is 1. The molecule has 2 aliphatic rings. The highest BCUT2D eigenvalue weighted by molar-refractivity contribution is 7.99. The molecule has 108 valence electrons. The summed E-state index contributed by atoms with van der Waals surface area (Å²) in [5.74, 6) is 2.34. The molecule has 20 heavy (non-hydrogen) atoms. The number of hydrogen-bond acceptors (Lipinski definition) is 3. The Labute approximate surface area is 124 Å². The van der Waals surface area contributed by atoms with E-state index in [1.165, 1.54) is 24.0 Å². The van der Waals surface area contributed by atoms with E-state index in [4.69, 9.17) is 0 Å². The lowest BCUT2D eigenvalue weighted by molar-refractivity contribution is -0.116. The molecule has 3 nitrogen and oxygen atoms in total. The van der Waals surface area contributed by atoms with Gasteiger partial charge in [-0.25, -0.2) is 0 Å². The van der Waals surface area contributed by atoms with E-state index in [1.807, 2.05) is 17.8 Å². The molecule has 3 rings (SSSR count). The number of aryl methyl sites for hydroxylation is 1. The normalized spacial score (nSPS) is 22.1. The molecular weight excluding hydrogens is 268 g/mol. The Hall–Kier alpha value is -1.00. The van der Waals surface area contributed by atoms with Crippen molar-refractivity contribution in [3.8, 4) is 0 Å². The summed E-state index contributed by atoms with van der Waals surface area (Å²) in [5.41, 5.74) is 3.81. The summed E-state index contributed by atoms with van der Waals surface area (Å²) in [6.07, 6.45) is 5.34. The lowest BCUT2D eigenvalue weighted by atomic mass is 9.90. The molecule has 0 radical (unpaired) electrons. The largest absolute Gasteiger partial charge is 0.326 e. The number of rotatable bonds is 3. The third kappa shape index (κ3) is 3.36. The predicted octanol–water partition coefficient (Wildman–Crippen LogP) is 2.60. The van der Waals surface area contributed by atoms with Gasteiger partial charge in [-0.15, -0.1) is 0 Å². The van der Waals surface area contributed by atoms with Crippen LogP contribution in [0.2, 0.25) is 0 Å². The van der Waals surface area contributed by atoms with Crippen LogP contribution in [0.3, 0.4) is 0 Å². The molecule has 1 aliphatic heterocycles. The van der Waals surface area contributed by atoms with E-state index in [-0.39, 0.29) is 5.91 Å². The highest BCUT2D eigenvalue weighted by Crippen LogP contribution is 2.28. The zero-order valence-corrected chi connectivity index (χ0v) is 12.6. The molecule has 1 aliphatic carbocycles. The van der Waals surface area contributed by atoms with Crippen LogP contribution >= 0.6 is 11.8 Å². The number of hydrogen-bond donors (Lipinski definition) is 2. The second kappa shape index (κ2) is 6.64. The first-order chi connectivity index (χ1) is 9.83. The predicted molar refractivity (Wildman–Crippen MR) is 85.4 cm³/mol. The minimum Gasteiger partial charge on any atom is -0.326 e. The lowest BCUT2D eigenvalue weighted by Crippen LogP contribution is -2.40. The second-order valence-corrected chi connectivity index (χ2v) is 6.78. The zero-order valence-electron chi connectivity index (χ0n) is 11.8. The van der Waals surface area contributed by atoms with Gasteiger partial charge in [-0.1, -0.05) is 12.1 Å². The van der Waals surface area contributed by atoms with Crippen LogP contribution in [0.1, 0.15) is 30.4 Å². The minimum absolute atomic E-state index is 0.143. The summed E-state index contributed by atoms with van der Waals surface area (Å²) in [4.78, 5) is 12.2. The van der Waals surface area contributed by atoms with Crippen LogP contribution in [0.5, 0.6) is 0 Å². The smallest absolute Gasteiger partial charge is 0.225 e. The standard InChI is InChI=1S/C16H22N2OS/c19-16(10-13-11-20-9-8-17-13)18-15-7-3-5-12-4-1-2-6-14(12)15/h3,5,7,13,17H,1-2,4,6,8-11H2,(H,18,19). The van der Waals surface area contributed by atoms with Crippen LogP contribution in [-0.2, 0) is 17.6 Å². The van der Waals surface area contributed by atoms with Gasteiger partial charge in [0.1, 0.15) is 0 Å². The number of amides is 1. The monoisotopic (exact) mass is 290 g/mol. The van der Waals surface area contributed by atoms with Crippen LogP contribution < -0.4 is 10.6 Å². The van der Waals surface area contributed by atoms with Crippen LogP contribution in [0, 0.1) is 0 Å². The Bertz CT molecular complexity index is 483. The SMILES string of the molecule is O=C(CC1CSCCN1)Nc1cccc2c1CCCC2. The molecule has 0 aromatic heterocycles. The topological polar surface area (TPSA) is 41.1 Å². The second-order valence-electron chi connectivity index (χ2n) is 5.63. The van der Waals surface area contributed by atoms with Crippen molar-refractivity contribution in [2.45, 2.75) is 38.1 Å². The summed E-state index contributed by atoms with van der Waals surface area (Å²) >= 11 is 1.93. The summed E-state index contributed by atoms with van der Waals surface area (Å²) in [7, 11) is 0. The number of carbonyl (C=O) groups excluding carboxylic acids is 1. The highest BCUT2D eigenvalue weighted by Gasteiger charge is 2.18. The summed E-state index contributed by atoms with van der Waals surface area (Å²) in [6, 6.07) is 6.64. The van der Waals surface area contributed by atoms with Crippen molar-refractivity contribution >= 4 is 23.4 Å². The third-order valence-corrected chi connectivity index (χ3v) is 5.23. The van der Waals surface area contributed by atoms with E-state index in [0.29, 0.717) is 12.5 Å². The molecule has 0 spiro atoms. The maximum Gasteiger partial charge on any atom is 0.225 e. The fourth-order valence-electron chi connectivity index (χ4n) is 3.07. The molecule has 1 aromatic carbocycles. The van der Waals surface area contributed by atoms with E-state index >= 15 is 0 Å². The maximum atomic E-state index is 12.2. The molecule has 1 unspecified atom stereocenters. The van der Waals surface area contributed by atoms with Gasteiger partial charge in [0.25, 0.3) is 0 Å². The third-order valence-electron chi connectivity index (χ3n) is 4.10. The van der Waals surface area contributed by atoms with Crippen molar-refractivity contribution < 1.29 is 4.79 Å². The highest BCUT2D eigenvalue weighted by atomic mass is 32.2. The number of benzene rings is 1. The van der Waals surface area contributed by atoms with Crippen LogP contribution in [0.25, 0.3) is 0 Å². The van der Waals surface area contributed by atoms with E-state index < -0.39 is 0 Å². The van der Waals surface area contributed by atoms with Crippen LogP contribution in [0.4, 0.5) is 5.69 Å². The van der Waals surface area contributed by atoms with Gasteiger partial charge in [-0.3, -0.25) is 4.79 Å². The molecule has 2 N–H and O–H groups in total. The Balaban J connectivity index is 1.63. The van der Waals surface area contributed by atoms with Crippen molar-refractivity contribution in [2.24, 2.45) is 0 Å². The number of fused-ring (bicyclic) bond motifs is 1. The molecule has 1 saturated heterocycles. The molecule has 1 heterocycles. The Morgan fingerprint density at radius 1 is 1.35 bits per heavy atom. The van der Waals surface area contributed by atoms with E-state index in [0.717, 1.165) is 36.6 Å². The van der Waals surface area contributed by atoms with Gasteiger partial charge >= 0.3 is 0 Å². The van der Waals surface area contributed by atoms with Gasteiger partial charge in [-0.05, 0) is 42.9 Å². The number of thioether (sulfide) groups is 1. The van der Waals surface area contributed by atoms with Gasteiger partial charge in [-0.2, -0.15) is 11.8 Å². The lowest BCUT2D eigenvalue weighted by Gasteiger charge is -2.23. The molecule has 1 atom stereocenters. The van der Waals surface area contributed by atoms with Gasteiger partial charge in [0.05, 0.1) is 0 Å². The number of carbonyl (C=O) groups is 1. The molecule has 4 heteroatoms. The summed E-state index contributed by atoms with van der Waals surface area (Å²) in [6.45, 7) is 1.02. The van der Waals surface area contributed by atoms with Gasteiger partial charge in [0.2, 0.25) is 5.91 Å². The summed E-state index contributed by atoms with van der Waals surface area (Å²) in [5, 5.41) is 6.55. The molecule has 1 fully saturated rings. The first kappa shape index (κ1) is 14.0. The Morgan fingerprint density at radius 3 is 3.10 bits per heavy atom. The average Bonchev–Trinajstić information content (AvgIpc) is 2.48. The quantitative estimate of drug-likeness (QED) is 0.899. The van der Waals surface area contributed by atoms with Crippen molar-refractivity contribution in [1.82, 2.24) is 5.32 Å². The fourth-order valence-corrected chi connectivity index (χ4v) is 4.02. The first-order valence-corrected chi connectivity index (χ1v) is 8.70. The van der Waals surface area contributed by atoms with Crippen molar-refractivity contribution in [3.63, 3.8) is 0 Å². The maximum absolute atomic E-state index is 12.2. The molecular formula is C16H22N2OS. The van der Waals surface area contributed by atoms with E-state index in [9.17, 15) is 4.79 Å². The Kier molecular flexibility index (Phi) is 4.63.